The molecule has 6 rings (SSSR count). The van der Waals surface area contributed by atoms with E-state index in [0.717, 1.165) is 12.4 Å². The first-order chi connectivity index (χ1) is 20.6. The van der Waals surface area contributed by atoms with Gasteiger partial charge in [-0.1, -0.05) is 0 Å². The zero-order valence-corrected chi connectivity index (χ0v) is 23.0. The van der Waals surface area contributed by atoms with Crippen molar-refractivity contribution in [2.24, 2.45) is 5.92 Å². The van der Waals surface area contributed by atoms with Crippen LogP contribution in [-0.4, -0.2) is 92.5 Å². The first-order valence-corrected chi connectivity index (χ1v) is 13.9. The van der Waals surface area contributed by atoms with Crippen molar-refractivity contribution >= 4 is 17.8 Å². The Morgan fingerprint density at radius 3 is 2.26 bits per heavy atom. The second kappa shape index (κ2) is 11.4. The minimum Gasteiger partial charge on any atom is -0.339 e. The molecule has 43 heavy (non-hydrogen) atoms. The van der Waals surface area contributed by atoms with Gasteiger partial charge in [0.1, 0.15) is 5.82 Å². The van der Waals surface area contributed by atoms with Crippen molar-refractivity contribution < 1.29 is 27.2 Å². The van der Waals surface area contributed by atoms with Crippen molar-refractivity contribution in [3.8, 4) is 0 Å². The molecule has 1 aromatic carbocycles. The number of hydrogen-bond acceptors (Lipinski definition) is 8. The first-order valence-electron chi connectivity index (χ1n) is 13.9. The molecule has 0 spiro atoms. The molecular formula is C28H28F4N8O3. The average molecular weight is 601 g/mol. The molecule has 0 aliphatic carbocycles. The Labute approximate surface area is 243 Å². The van der Waals surface area contributed by atoms with Gasteiger partial charge in [0.2, 0.25) is 11.9 Å². The van der Waals surface area contributed by atoms with Gasteiger partial charge in [0.25, 0.3) is 11.5 Å². The maximum atomic E-state index is 13.3. The van der Waals surface area contributed by atoms with Gasteiger partial charge >= 0.3 is 6.18 Å². The largest absolute Gasteiger partial charge is 0.419 e. The molecule has 2 amide bonds. The lowest BCUT2D eigenvalue weighted by atomic mass is 9.95. The lowest BCUT2D eigenvalue weighted by Gasteiger charge is -2.43. The molecule has 2 saturated heterocycles. The van der Waals surface area contributed by atoms with Gasteiger partial charge in [0, 0.05) is 88.0 Å². The van der Waals surface area contributed by atoms with Crippen LogP contribution in [0.5, 0.6) is 0 Å². The van der Waals surface area contributed by atoms with Gasteiger partial charge in [-0.25, -0.2) is 19.5 Å². The standard InChI is InChI=1S/C28H28F4N8O3/c29-20-3-1-17(2-4-20)25(42)40-6-5-21-22(15-40)23(35-36-24(21)41)16-37-13-18(14-37)26(43)38-7-9-39(10-8-38)27-33-11-19(12-34-27)28(30,31)32/h1-4,11-12,18H,5-10,13-16H2,(H,36,41). The third-order valence-electron chi connectivity index (χ3n) is 8.16. The van der Waals surface area contributed by atoms with Gasteiger partial charge in [0.15, 0.2) is 0 Å². The van der Waals surface area contributed by atoms with Crippen LogP contribution in [0, 0.1) is 11.7 Å². The van der Waals surface area contributed by atoms with Crippen LogP contribution in [-0.2, 0) is 30.5 Å². The van der Waals surface area contributed by atoms with Crippen molar-refractivity contribution in [1.29, 1.82) is 0 Å². The summed E-state index contributed by atoms with van der Waals surface area (Å²) in [7, 11) is 0. The lowest BCUT2D eigenvalue weighted by molar-refractivity contribution is -0.142. The SMILES string of the molecule is O=C(c1ccc(F)cc1)N1CCc2c(c(CN3CC(C(=O)N4CCN(c5ncc(C(F)(F)F)cn5)CC4)C3)n[nH]c2=O)C1. The predicted molar refractivity (Wildman–Crippen MR) is 144 cm³/mol. The van der Waals surface area contributed by atoms with Crippen LogP contribution in [0.2, 0.25) is 0 Å². The lowest BCUT2D eigenvalue weighted by Crippen LogP contribution is -2.57. The third-order valence-corrected chi connectivity index (χ3v) is 8.16. The fourth-order valence-corrected chi connectivity index (χ4v) is 5.69. The molecule has 5 heterocycles. The Morgan fingerprint density at radius 1 is 0.930 bits per heavy atom. The van der Waals surface area contributed by atoms with Gasteiger partial charge in [-0.2, -0.15) is 18.3 Å². The molecule has 0 atom stereocenters. The number of aromatic amines is 1. The second-order valence-corrected chi connectivity index (χ2v) is 10.9. The van der Waals surface area contributed by atoms with Crippen LogP contribution in [0.15, 0.2) is 41.5 Å². The number of carbonyl (C=O) groups is 2. The van der Waals surface area contributed by atoms with Crippen LogP contribution >= 0.6 is 0 Å². The highest BCUT2D eigenvalue weighted by atomic mass is 19.4. The zero-order chi connectivity index (χ0) is 30.3. The fraction of sp³-hybridized carbons (Fsp3) is 0.429. The molecule has 11 nitrogen and oxygen atoms in total. The maximum absolute atomic E-state index is 13.3. The summed E-state index contributed by atoms with van der Waals surface area (Å²) in [6, 6.07) is 5.34. The summed E-state index contributed by atoms with van der Waals surface area (Å²) in [5.41, 5.74) is 1.10. The van der Waals surface area contributed by atoms with Crippen LogP contribution < -0.4 is 10.5 Å². The van der Waals surface area contributed by atoms with E-state index in [-0.39, 0.29) is 35.8 Å². The van der Waals surface area contributed by atoms with E-state index in [1.807, 2.05) is 0 Å². The third kappa shape index (κ3) is 5.94. The summed E-state index contributed by atoms with van der Waals surface area (Å²) in [4.78, 5) is 53.5. The van der Waals surface area contributed by atoms with E-state index >= 15 is 0 Å². The molecule has 0 radical (unpaired) electrons. The topological polar surface area (TPSA) is 119 Å². The number of halogens is 4. The Balaban J connectivity index is 1.03. The highest BCUT2D eigenvalue weighted by Gasteiger charge is 2.38. The van der Waals surface area contributed by atoms with Crippen molar-refractivity contribution in [2.45, 2.75) is 25.7 Å². The van der Waals surface area contributed by atoms with E-state index in [2.05, 4.69) is 25.1 Å². The Morgan fingerprint density at radius 2 is 1.60 bits per heavy atom. The number of aromatic nitrogens is 4. The van der Waals surface area contributed by atoms with Crippen molar-refractivity contribution in [1.82, 2.24) is 34.9 Å². The average Bonchev–Trinajstić information content (AvgIpc) is 2.99. The Hall–Kier alpha value is -4.40. The van der Waals surface area contributed by atoms with Gasteiger partial charge < -0.3 is 14.7 Å². The summed E-state index contributed by atoms with van der Waals surface area (Å²) < 4.78 is 51.7. The maximum Gasteiger partial charge on any atom is 0.419 e. The summed E-state index contributed by atoms with van der Waals surface area (Å²) in [5.74, 6) is -0.679. The number of alkyl halides is 3. The van der Waals surface area contributed by atoms with Gasteiger partial charge in [0.05, 0.1) is 17.2 Å². The molecule has 0 bridgehead atoms. The molecule has 2 aromatic heterocycles. The summed E-state index contributed by atoms with van der Waals surface area (Å²) in [6.45, 7) is 3.63. The number of likely N-dealkylation sites (tertiary alicyclic amines) is 1. The molecule has 3 aliphatic rings. The predicted octanol–water partition coefficient (Wildman–Crippen LogP) is 1.70. The number of hydrogen-bond donors (Lipinski definition) is 1. The van der Waals surface area contributed by atoms with Crippen molar-refractivity contribution in [3.05, 3.63) is 80.8 Å². The Bertz CT molecular complexity index is 1560. The van der Waals surface area contributed by atoms with Gasteiger partial charge in [-0.05, 0) is 30.7 Å². The molecule has 15 heteroatoms. The van der Waals surface area contributed by atoms with Crippen LogP contribution in [0.4, 0.5) is 23.5 Å². The van der Waals surface area contributed by atoms with Crippen LogP contribution in [0.25, 0.3) is 0 Å². The number of anilines is 1. The zero-order valence-electron chi connectivity index (χ0n) is 23.0. The summed E-state index contributed by atoms with van der Waals surface area (Å²) in [6.07, 6.45) is -2.61. The number of benzene rings is 1. The number of carbonyl (C=O) groups excluding carboxylic acids is 2. The number of rotatable bonds is 5. The monoisotopic (exact) mass is 600 g/mol. The Kier molecular flexibility index (Phi) is 7.58. The van der Waals surface area contributed by atoms with E-state index in [1.165, 1.54) is 24.3 Å². The number of piperazine rings is 1. The summed E-state index contributed by atoms with van der Waals surface area (Å²) >= 11 is 0. The van der Waals surface area contributed by atoms with Crippen molar-refractivity contribution in [3.63, 3.8) is 0 Å². The minimum atomic E-state index is -4.50. The van der Waals surface area contributed by atoms with E-state index in [0.29, 0.717) is 81.2 Å². The van der Waals surface area contributed by atoms with E-state index in [1.54, 1.807) is 14.7 Å². The number of H-pyrrole nitrogens is 1. The number of nitrogens with zero attached hydrogens (tertiary/aromatic N) is 7. The number of fused-ring (bicyclic) bond motifs is 1. The minimum absolute atomic E-state index is 0.0109. The summed E-state index contributed by atoms with van der Waals surface area (Å²) in [5, 5.41) is 6.82. The molecule has 2 fully saturated rings. The highest BCUT2D eigenvalue weighted by Crippen LogP contribution is 2.29. The van der Waals surface area contributed by atoms with E-state index in [4.69, 9.17) is 0 Å². The number of amides is 2. The molecule has 3 aromatic rings. The fourth-order valence-electron chi connectivity index (χ4n) is 5.69. The molecule has 1 N–H and O–H groups in total. The quantitative estimate of drug-likeness (QED) is 0.440. The van der Waals surface area contributed by atoms with E-state index < -0.39 is 17.6 Å². The highest BCUT2D eigenvalue weighted by molar-refractivity contribution is 5.94. The first kappa shape index (κ1) is 28.7. The molecule has 226 valence electrons. The number of nitrogens with one attached hydrogen (secondary N) is 1. The van der Waals surface area contributed by atoms with Crippen LogP contribution in [0.3, 0.4) is 0 Å². The molecule has 0 unspecified atom stereocenters. The van der Waals surface area contributed by atoms with Gasteiger partial charge in [-0.15, -0.1) is 0 Å². The van der Waals surface area contributed by atoms with Gasteiger partial charge in [-0.3, -0.25) is 19.3 Å². The second-order valence-electron chi connectivity index (χ2n) is 10.9. The normalized spacial score (nSPS) is 17.9. The smallest absolute Gasteiger partial charge is 0.339 e. The molecule has 3 aliphatic heterocycles. The van der Waals surface area contributed by atoms with Crippen LogP contribution in [0.1, 0.15) is 32.7 Å². The molecule has 0 saturated carbocycles. The molecular weight excluding hydrogens is 572 g/mol. The van der Waals surface area contributed by atoms with Crippen molar-refractivity contribution in [2.75, 3.05) is 50.7 Å². The van der Waals surface area contributed by atoms with E-state index in [9.17, 15) is 31.9 Å².